The Kier molecular flexibility index (Phi) is 6.47. The molecule has 0 heterocycles. The Bertz CT molecular complexity index is 406. The maximum atomic E-state index is 10.8. The molecule has 0 saturated heterocycles. The molecule has 0 bridgehead atoms. The van der Waals surface area contributed by atoms with Crippen molar-refractivity contribution in [2.45, 2.75) is 18.2 Å². The summed E-state index contributed by atoms with van der Waals surface area (Å²) in [6.45, 7) is 2.61. The number of benzene rings is 1. The topological polar surface area (TPSA) is 69.2 Å². The second-order valence-corrected chi connectivity index (χ2v) is 4.23. The minimum Gasteiger partial charge on any atom is -0.744 e. The van der Waals surface area contributed by atoms with Crippen molar-refractivity contribution in [1.29, 1.82) is 0 Å². The summed E-state index contributed by atoms with van der Waals surface area (Å²) in [6.07, 6.45) is 0.868. The van der Waals surface area contributed by atoms with E-state index in [9.17, 15) is 13.0 Å². The van der Waals surface area contributed by atoms with Crippen LogP contribution in [0.1, 0.15) is 13.3 Å². The van der Waals surface area contributed by atoms with Crippen LogP contribution in [0.2, 0.25) is 0 Å². The number of rotatable bonds is 4. The van der Waals surface area contributed by atoms with Gasteiger partial charge in [0.2, 0.25) is 0 Å². The molecule has 15 heavy (non-hydrogen) atoms. The third-order valence-corrected chi connectivity index (χ3v) is 2.62. The van der Waals surface area contributed by atoms with E-state index in [1.54, 1.807) is 12.1 Å². The first-order chi connectivity index (χ1) is 6.55. The molecular weight excluding hydrogens is 225 g/mol. The van der Waals surface area contributed by atoms with Crippen molar-refractivity contribution in [2.75, 3.05) is 11.9 Å². The minimum absolute atomic E-state index is 0. The molecule has 0 radical (unpaired) electrons. The van der Waals surface area contributed by atoms with Gasteiger partial charge in [-0.1, -0.05) is 19.1 Å². The Morgan fingerprint density at radius 3 is 2.47 bits per heavy atom. The van der Waals surface area contributed by atoms with Crippen LogP contribution in [0.25, 0.3) is 0 Å². The first kappa shape index (κ1) is 14.9. The van der Waals surface area contributed by atoms with Crippen molar-refractivity contribution in [3.05, 3.63) is 24.3 Å². The van der Waals surface area contributed by atoms with E-state index < -0.39 is 10.1 Å². The van der Waals surface area contributed by atoms with Gasteiger partial charge >= 0.3 is 29.6 Å². The van der Waals surface area contributed by atoms with Gasteiger partial charge < -0.3 is 9.87 Å². The van der Waals surface area contributed by atoms with E-state index in [0.717, 1.165) is 6.42 Å². The van der Waals surface area contributed by atoms with Crippen molar-refractivity contribution < 1.29 is 42.5 Å². The largest absolute Gasteiger partial charge is 1.00 e. The third-order valence-electron chi connectivity index (χ3n) is 1.72. The molecule has 1 aromatic rings. The van der Waals surface area contributed by atoms with E-state index in [2.05, 4.69) is 5.32 Å². The molecule has 0 spiro atoms. The van der Waals surface area contributed by atoms with Gasteiger partial charge in [-0.25, -0.2) is 8.42 Å². The maximum absolute atomic E-state index is 10.8. The summed E-state index contributed by atoms with van der Waals surface area (Å²) < 4.78 is 32.5. The molecule has 4 nitrogen and oxygen atoms in total. The molecule has 6 heteroatoms. The number of anilines is 1. The summed E-state index contributed by atoms with van der Waals surface area (Å²) in [4.78, 5) is -0.187. The number of para-hydroxylation sites is 1. The first-order valence-electron chi connectivity index (χ1n) is 4.34. The predicted molar refractivity (Wildman–Crippen MR) is 53.2 cm³/mol. The zero-order chi connectivity index (χ0) is 10.6. The van der Waals surface area contributed by atoms with E-state index in [4.69, 9.17) is 0 Å². The molecule has 0 atom stereocenters. The summed E-state index contributed by atoms with van der Waals surface area (Å²) in [5, 5.41) is 2.89. The van der Waals surface area contributed by atoms with Gasteiger partial charge in [0.15, 0.2) is 0 Å². The van der Waals surface area contributed by atoms with E-state index in [1.807, 2.05) is 6.92 Å². The van der Waals surface area contributed by atoms with Gasteiger partial charge in [0, 0.05) is 6.54 Å². The second-order valence-electron chi connectivity index (χ2n) is 2.88. The Hall–Kier alpha value is -0.0700. The van der Waals surface area contributed by atoms with Gasteiger partial charge in [0.25, 0.3) is 0 Å². The quantitative estimate of drug-likeness (QED) is 0.507. The van der Waals surface area contributed by atoms with Gasteiger partial charge in [-0.3, -0.25) is 0 Å². The average molecular weight is 237 g/mol. The Balaban J connectivity index is 0.00000196. The zero-order valence-corrected chi connectivity index (χ0v) is 11.7. The van der Waals surface area contributed by atoms with Crippen LogP contribution in [0.15, 0.2) is 29.2 Å². The van der Waals surface area contributed by atoms with Crippen molar-refractivity contribution in [2.24, 2.45) is 0 Å². The fourth-order valence-electron chi connectivity index (χ4n) is 1.09. The monoisotopic (exact) mass is 237 g/mol. The van der Waals surface area contributed by atoms with Crippen molar-refractivity contribution >= 4 is 15.8 Å². The molecule has 1 aromatic carbocycles. The molecule has 0 saturated carbocycles. The molecule has 0 unspecified atom stereocenters. The number of nitrogens with one attached hydrogen (secondary N) is 1. The van der Waals surface area contributed by atoms with Gasteiger partial charge in [-0.15, -0.1) is 0 Å². The van der Waals surface area contributed by atoms with Gasteiger partial charge in [0.05, 0.1) is 10.6 Å². The molecule has 1 rings (SSSR count). The van der Waals surface area contributed by atoms with Crippen LogP contribution in [0.3, 0.4) is 0 Å². The van der Waals surface area contributed by atoms with Crippen LogP contribution in [0, 0.1) is 0 Å². The maximum Gasteiger partial charge on any atom is 1.00 e. The minimum atomic E-state index is -4.38. The van der Waals surface area contributed by atoms with Crippen LogP contribution >= 0.6 is 0 Å². The van der Waals surface area contributed by atoms with Crippen LogP contribution in [0.4, 0.5) is 5.69 Å². The Morgan fingerprint density at radius 2 is 1.93 bits per heavy atom. The summed E-state index contributed by atoms with van der Waals surface area (Å²) >= 11 is 0. The van der Waals surface area contributed by atoms with Gasteiger partial charge in [0.1, 0.15) is 10.1 Å². The van der Waals surface area contributed by atoms with E-state index in [-0.39, 0.29) is 34.5 Å². The van der Waals surface area contributed by atoms with Gasteiger partial charge in [-0.2, -0.15) is 0 Å². The van der Waals surface area contributed by atoms with Crippen molar-refractivity contribution in [3.63, 3.8) is 0 Å². The van der Waals surface area contributed by atoms with E-state index >= 15 is 0 Å². The molecule has 0 amide bonds. The molecule has 0 aliphatic heterocycles. The van der Waals surface area contributed by atoms with Crippen LogP contribution < -0.4 is 34.9 Å². The molecule has 0 aliphatic carbocycles. The molecular formula is C9H12NNaO3S. The van der Waals surface area contributed by atoms with E-state index in [0.29, 0.717) is 12.2 Å². The Morgan fingerprint density at radius 1 is 1.33 bits per heavy atom. The summed E-state index contributed by atoms with van der Waals surface area (Å²) in [7, 11) is -4.38. The standard InChI is InChI=1S/C9H13NO3S.Na/c1-2-7-10-8-5-3-4-6-9(8)14(11,12)13;/h3-6,10H,2,7H2,1H3,(H,11,12,13);/q;+1/p-1. The average Bonchev–Trinajstić information content (AvgIpc) is 2.14. The zero-order valence-electron chi connectivity index (χ0n) is 8.86. The SMILES string of the molecule is CCCNc1ccccc1S(=O)(=O)[O-].[Na+]. The van der Waals surface area contributed by atoms with Gasteiger partial charge in [-0.05, 0) is 18.6 Å². The van der Waals surface area contributed by atoms with Crippen molar-refractivity contribution in [1.82, 2.24) is 0 Å². The molecule has 0 aliphatic rings. The normalized spacial score (nSPS) is 10.5. The van der Waals surface area contributed by atoms with Crippen LogP contribution in [0.5, 0.6) is 0 Å². The predicted octanol–water partition coefficient (Wildman–Crippen LogP) is -1.58. The molecule has 0 aromatic heterocycles. The summed E-state index contributed by atoms with van der Waals surface area (Å²) in [6, 6.07) is 6.11. The smallest absolute Gasteiger partial charge is 0.744 e. The fourth-order valence-corrected chi connectivity index (χ4v) is 1.75. The molecule has 78 valence electrons. The number of hydrogen-bond acceptors (Lipinski definition) is 4. The summed E-state index contributed by atoms with van der Waals surface area (Å²) in [5.41, 5.74) is 0.379. The number of hydrogen-bond donors (Lipinski definition) is 1. The van der Waals surface area contributed by atoms with Crippen LogP contribution in [-0.2, 0) is 10.1 Å². The molecule has 0 fully saturated rings. The second kappa shape index (κ2) is 6.50. The molecule has 1 N–H and O–H groups in total. The fraction of sp³-hybridized carbons (Fsp3) is 0.333. The van der Waals surface area contributed by atoms with Crippen LogP contribution in [-0.4, -0.2) is 19.5 Å². The summed E-state index contributed by atoms with van der Waals surface area (Å²) in [5.74, 6) is 0. The van der Waals surface area contributed by atoms with Crippen molar-refractivity contribution in [3.8, 4) is 0 Å². The van der Waals surface area contributed by atoms with E-state index in [1.165, 1.54) is 12.1 Å². The Labute approximate surface area is 112 Å². The third kappa shape index (κ3) is 4.53. The first-order valence-corrected chi connectivity index (χ1v) is 5.75.